The standard InChI is InChI=1S/C11H12Cl2N2O4/c1-11(2,5-9(16)17)14-10-7(12)3-6(15(18)19)4-8(10)13/h3-4,14H,5H2,1-2H3,(H,16,17). The number of hydrogen-bond acceptors (Lipinski definition) is 4. The molecule has 1 aromatic carbocycles. The van der Waals surface area contributed by atoms with Crippen LogP contribution in [0.5, 0.6) is 0 Å². The Morgan fingerprint density at radius 3 is 2.26 bits per heavy atom. The van der Waals surface area contributed by atoms with E-state index in [1.807, 2.05) is 0 Å². The molecule has 0 saturated heterocycles. The van der Waals surface area contributed by atoms with Gasteiger partial charge in [0.15, 0.2) is 0 Å². The number of halogens is 2. The van der Waals surface area contributed by atoms with Gasteiger partial charge in [0.05, 0.1) is 27.1 Å². The van der Waals surface area contributed by atoms with Gasteiger partial charge in [0.2, 0.25) is 0 Å². The first-order chi connectivity index (χ1) is 8.62. The van der Waals surface area contributed by atoms with Crippen molar-refractivity contribution < 1.29 is 14.8 Å². The highest BCUT2D eigenvalue weighted by molar-refractivity contribution is 6.39. The third-order valence-electron chi connectivity index (χ3n) is 2.29. The van der Waals surface area contributed by atoms with Crippen molar-refractivity contribution in [3.05, 3.63) is 32.3 Å². The number of carbonyl (C=O) groups is 1. The first kappa shape index (κ1) is 15.5. The van der Waals surface area contributed by atoms with E-state index in [0.717, 1.165) is 12.1 Å². The lowest BCUT2D eigenvalue weighted by atomic mass is 10.0. The maximum Gasteiger partial charge on any atom is 0.305 e. The lowest BCUT2D eigenvalue weighted by molar-refractivity contribution is -0.384. The van der Waals surface area contributed by atoms with E-state index in [-0.39, 0.29) is 27.8 Å². The number of benzene rings is 1. The van der Waals surface area contributed by atoms with E-state index in [2.05, 4.69) is 5.32 Å². The van der Waals surface area contributed by atoms with Crippen LogP contribution in [0, 0.1) is 10.1 Å². The molecule has 0 heterocycles. The first-order valence-corrected chi connectivity index (χ1v) is 6.01. The number of hydrogen-bond donors (Lipinski definition) is 2. The van der Waals surface area contributed by atoms with Gasteiger partial charge < -0.3 is 10.4 Å². The number of aliphatic carboxylic acids is 1. The van der Waals surface area contributed by atoms with Gasteiger partial charge in [-0.2, -0.15) is 0 Å². The zero-order valence-corrected chi connectivity index (χ0v) is 11.7. The van der Waals surface area contributed by atoms with Crippen molar-refractivity contribution in [2.75, 3.05) is 5.32 Å². The summed E-state index contributed by atoms with van der Waals surface area (Å²) in [6.45, 7) is 3.32. The molecule has 6 nitrogen and oxygen atoms in total. The van der Waals surface area contributed by atoms with Crippen molar-refractivity contribution in [2.45, 2.75) is 25.8 Å². The van der Waals surface area contributed by atoms with E-state index >= 15 is 0 Å². The fraction of sp³-hybridized carbons (Fsp3) is 0.364. The third-order valence-corrected chi connectivity index (χ3v) is 2.89. The molecule has 0 atom stereocenters. The van der Waals surface area contributed by atoms with Crippen LogP contribution < -0.4 is 5.32 Å². The number of nitro benzene ring substituents is 1. The van der Waals surface area contributed by atoms with Gasteiger partial charge >= 0.3 is 5.97 Å². The van der Waals surface area contributed by atoms with E-state index in [1.165, 1.54) is 0 Å². The minimum Gasteiger partial charge on any atom is -0.481 e. The maximum absolute atomic E-state index is 10.7. The molecule has 1 aromatic rings. The fourth-order valence-electron chi connectivity index (χ4n) is 1.55. The summed E-state index contributed by atoms with van der Waals surface area (Å²) in [5.74, 6) is -0.980. The van der Waals surface area contributed by atoms with Crippen LogP contribution >= 0.6 is 23.2 Å². The van der Waals surface area contributed by atoms with Crippen LogP contribution in [-0.2, 0) is 4.79 Å². The van der Waals surface area contributed by atoms with Crippen LogP contribution in [0.25, 0.3) is 0 Å². The van der Waals surface area contributed by atoms with E-state index < -0.39 is 16.4 Å². The van der Waals surface area contributed by atoms with Gasteiger partial charge in [-0.25, -0.2) is 0 Å². The molecule has 0 aliphatic rings. The molecule has 0 spiro atoms. The molecule has 0 amide bonds. The normalized spacial score (nSPS) is 11.2. The minimum atomic E-state index is -0.980. The Kier molecular flexibility index (Phi) is 4.60. The summed E-state index contributed by atoms with van der Waals surface area (Å²) in [5.41, 5.74) is -0.744. The quantitative estimate of drug-likeness (QED) is 0.641. The van der Waals surface area contributed by atoms with Gasteiger partial charge in [-0.05, 0) is 13.8 Å². The SMILES string of the molecule is CC(C)(CC(=O)O)Nc1c(Cl)cc([N+](=O)[O-])cc1Cl. The molecule has 104 valence electrons. The lowest BCUT2D eigenvalue weighted by Gasteiger charge is -2.26. The predicted octanol–water partition coefficient (Wildman–Crippen LogP) is 3.57. The molecule has 0 unspecified atom stereocenters. The van der Waals surface area contributed by atoms with Gasteiger partial charge in [0.1, 0.15) is 0 Å². The van der Waals surface area contributed by atoms with E-state index in [1.54, 1.807) is 13.8 Å². The van der Waals surface area contributed by atoms with Crippen LogP contribution in [0.1, 0.15) is 20.3 Å². The van der Waals surface area contributed by atoms with E-state index in [9.17, 15) is 14.9 Å². The summed E-state index contributed by atoms with van der Waals surface area (Å²) in [7, 11) is 0. The molecular formula is C11H12Cl2N2O4. The summed E-state index contributed by atoms with van der Waals surface area (Å²) >= 11 is 11.8. The molecule has 1 rings (SSSR count). The molecule has 0 aliphatic heterocycles. The summed E-state index contributed by atoms with van der Waals surface area (Å²) in [6, 6.07) is 2.32. The molecule has 0 bridgehead atoms. The molecule has 0 fully saturated rings. The van der Waals surface area contributed by atoms with Crippen molar-refractivity contribution >= 4 is 40.5 Å². The zero-order chi connectivity index (χ0) is 14.8. The van der Waals surface area contributed by atoms with Crippen LogP contribution in [-0.4, -0.2) is 21.5 Å². The van der Waals surface area contributed by atoms with Crippen LogP contribution in [0.15, 0.2) is 12.1 Å². The number of carboxylic acids is 1. The molecular weight excluding hydrogens is 295 g/mol. The lowest BCUT2D eigenvalue weighted by Crippen LogP contribution is -2.33. The van der Waals surface area contributed by atoms with Gasteiger partial charge in [-0.3, -0.25) is 14.9 Å². The maximum atomic E-state index is 10.7. The van der Waals surface area contributed by atoms with Crippen molar-refractivity contribution in [1.29, 1.82) is 0 Å². The van der Waals surface area contributed by atoms with Crippen molar-refractivity contribution in [1.82, 2.24) is 0 Å². The van der Waals surface area contributed by atoms with Crippen LogP contribution in [0.2, 0.25) is 10.0 Å². The van der Waals surface area contributed by atoms with E-state index in [0.29, 0.717) is 0 Å². The summed E-state index contributed by atoms with van der Waals surface area (Å²) in [4.78, 5) is 20.8. The average molecular weight is 307 g/mol. The second-order valence-electron chi connectivity index (χ2n) is 4.62. The number of nitrogens with zero attached hydrogens (tertiary/aromatic N) is 1. The number of nitro groups is 1. The van der Waals surface area contributed by atoms with Crippen molar-refractivity contribution in [2.24, 2.45) is 0 Å². The molecule has 8 heteroatoms. The second kappa shape index (κ2) is 5.63. The van der Waals surface area contributed by atoms with Gasteiger partial charge in [-0.15, -0.1) is 0 Å². The monoisotopic (exact) mass is 306 g/mol. The second-order valence-corrected chi connectivity index (χ2v) is 5.44. The molecule has 19 heavy (non-hydrogen) atoms. The number of rotatable bonds is 5. The molecule has 0 aromatic heterocycles. The van der Waals surface area contributed by atoms with Gasteiger partial charge in [0, 0.05) is 17.7 Å². The van der Waals surface area contributed by atoms with Crippen LogP contribution in [0.3, 0.4) is 0 Å². The minimum absolute atomic E-state index is 0.0673. The smallest absolute Gasteiger partial charge is 0.305 e. The molecule has 0 aliphatic carbocycles. The summed E-state index contributed by atoms with van der Waals surface area (Å²) < 4.78 is 0. The van der Waals surface area contributed by atoms with Crippen molar-refractivity contribution in [3.8, 4) is 0 Å². The fourth-order valence-corrected chi connectivity index (χ4v) is 2.12. The number of anilines is 1. The molecule has 2 N–H and O–H groups in total. The number of non-ortho nitro benzene ring substituents is 1. The third kappa shape index (κ3) is 4.25. The number of carboxylic acid groups (broad SMARTS) is 1. The average Bonchev–Trinajstić information content (AvgIpc) is 2.21. The Morgan fingerprint density at radius 1 is 1.42 bits per heavy atom. The Labute approximate surface area is 119 Å². The van der Waals surface area contributed by atoms with Crippen molar-refractivity contribution in [3.63, 3.8) is 0 Å². The van der Waals surface area contributed by atoms with E-state index in [4.69, 9.17) is 28.3 Å². The topological polar surface area (TPSA) is 92.5 Å². The Balaban J connectivity index is 3.09. The number of nitrogens with one attached hydrogen (secondary N) is 1. The Hall–Kier alpha value is -1.53. The van der Waals surface area contributed by atoms with Gasteiger partial charge in [-0.1, -0.05) is 23.2 Å². The largest absolute Gasteiger partial charge is 0.481 e. The highest BCUT2D eigenvalue weighted by Gasteiger charge is 2.24. The molecule has 0 saturated carbocycles. The first-order valence-electron chi connectivity index (χ1n) is 5.26. The highest BCUT2D eigenvalue weighted by Crippen LogP contribution is 2.36. The highest BCUT2D eigenvalue weighted by atomic mass is 35.5. The Morgan fingerprint density at radius 2 is 1.89 bits per heavy atom. The predicted molar refractivity (Wildman–Crippen MR) is 73.1 cm³/mol. The zero-order valence-electron chi connectivity index (χ0n) is 10.2. The van der Waals surface area contributed by atoms with Gasteiger partial charge in [0.25, 0.3) is 5.69 Å². The molecule has 0 radical (unpaired) electrons. The summed E-state index contributed by atoms with van der Waals surface area (Å²) in [5, 5.41) is 22.4. The van der Waals surface area contributed by atoms with Crippen LogP contribution in [0.4, 0.5) is 11.4 Å². The summed E-state index contributed by atoms with van der Waals surface area (Å²) in [6.07, 6.45) is -0.156. The Bertz CT molecular complexity index is 508.